The van der Waals surface area contributed by atoms with Crippen LogP contribution >= 0.6 is 22.6 Å². The number of alkyl halides is 1. The molecule has 0 aliphatic carbocycles. The lowest BCUT2D eigenvalue weighted by Gasteiger charge is -2.10. The summed E-state index contributed by atoms with van der Waals surface area (Å²) in [5.41, 5.74) is 4.37. The second-order valence-electron chi connectivity index (χ2n) is 4.13. The van der Waals surface area contributed by atoms with Gasteiger partial charge in [0.1, 0.15) is 0 Å². The molecule has 0 bridgehead atoms. The molecule has 0 atom stereocenters. The van der Waals surface area contributed by atoms with Crippen LogP contribution in [0.3, 0.4) is 0 Å². The first-order valence-corrected chi connectivity index (χ1v) is 7.14. The number of carboxylic acids is 1. The van der Waals surface area contributed by atoms with E-state index in [1.807, 2.05) is 43.3 Å². The number of carboxylic acid groups (broad SMARTS) is 1. The Morgan fingerprint density at radius 2 is 1.89 bits per heavy atom. The van der Waals surface area contributed by atoms with Gasteiger partial charge in [-0.3, -0.25) is 0 Å². The summed E-state index contributed by atoms with van der Waals surface area (Å²) >= 11 is 2.28. The minimum atomic E-state index is -0.881. The van der Waals surface area contributed by atoms with Crippen molar-refractivity contribution in [2.45, 2.75) is 11.4 Å². The fourth-order valence-electron chi connectivity index (χ4n) is 1.96. The third kappa shape index (κ3) is 2.56. The summed E-state index contributed by atoms with van der Waals surface area (Å²) in [7, 11) is 0. The molecule has 0 unspecified atom stereocenters. The molecule has 0 fully saturated rings. The molecule has 2 aromatic rings. The van der Waals surface area contributed by atoms with Gasteiger partial charge in [-0.1, -0.05) is 52.9 Å². The molecule has 92 valence electrons. The van der Waals surface area contributed by atoms with Crippen molar-refractivity contribution in [2.24, 2.45) is 0 Å². The van der Waals surface area contributed by atoms with E-state index in [0.717, 1.165) is 26.7 Å². The Bertz CT molecular complexity index is 591. The number of hydrogen-bond acceptors (Lipinski definition) is 1. The lowest BCUT2D eigenvalue weighted by molar-refractivity contribution is 0.0698. The first-order chi connectivity index (χ1) is 8.63. The summed E-state index contributed by atoms with van der Waals surface area (Å²) in [6.07, 6.45) is 0. The molecule has 2 rings (SSSR count). The molecule has 0 amide bonds. The number of carbonyl (C=O) groups is 1. The van der Waals surface area contributed by atoms with Crippen molar-refractivity contribution in [3.63, 3.8) is 0 Å². The molecule has 0 aliphatic rings. The van der Waals surface area contributed by atoms with E-state index >= 15 is 0 Å². The fraction of sp³-hybridized carbons (Fsp3) is 0.133. The number of rotatable bonds is 3. The normalized spacial score (nSPS) is 10.3. The van der Waals surface area contributed by atoms with Gasteiger partial charge in [-0.25, -0.2) is 4.79 Å². The first kappa shape index (κ1) is 13.1. The quantitative estimate of drug-likeness (QED) is 0.661. The monoisotopic (exact) mass is 352 g/mol. The minimum absolute atomic E-state index is 0.359. The van der Waals surface area contributed by atoms with Crippen LogP contribution in [0.15, 0.2) is 42.5 Å². The van der Waals surface area contributed by atoms with Gasteiger partial charge in [-0.15, -0.1) is 0 Å². The molecule has 1 N–H and O–H groups in total. The van der Waals surface area contributed by atoms with Gasteiger partial charge in [0, 0.05) is 4.43 Å². The van der Waals surface area contributed by atoms with Crippen molar-refractivity contribution in [3.8, 4) is 11.1 Å². The van der Waals surface area contributed by atoms with Gasteiger partial charge >= 0.3 is 5.97 Å². The zero-order chi connectivity index (χ0) is 13.1. The van der Waals surface area contributed by atoms with E-state index in [9.17, 15) is 9.90 Å². The van der Waals surface area contributed by atoms with Gasteiger partial charge in [-0.2, -0.15) is 0 Å². The lowest BCUT2D eigenvalue weighted by Crippen LogP contribution is -2.01. The Balaban J connectivity index is 2.68. The van der Waals surface area contributed by atoms with Crippen LogP contribution in [0.4, 0.5) is 0 Å². The highest BCUT2D eigenvalue weighted by Crippen LogP contribution is 2.28. The fourth-order valence-corrected chi connectivity index (χ4v) is 2.43. The molecule has 0 spiro atoms. The van der Waals surface area contributed by atoms with E-state index in [0.29, 0.717) is 5.56 Å². The molecular weight excluding hydrogens is 339 g/mol. The largest absolute Gasteiger partial charge is 0.478 e. The summed E-state index contributed by atoms with van der Waals surface area (Å²) in [6, 6.07) is 13.4. The van der Waals surface area contributed by atoms with Crippen molar-refractivity contribution in [3.05, 3.63) is 59.2 Å². The third-order valence-corrected chi connectivity index (χ3v) is 3.78. The van der Waals surface area contributed by atoms with Crippen molar-refractivity contribution >= 4 is 28.6 Å². The molecule has 3 heteroatoms. The molecule has 0 heterocycles. The molecule has 0 aromatic heterocycles. The van der Waals surface area contributed by atoms with Crippen LogP contribution in [-0.4, -0.2) is 11.1 Å². The van der Waals surface area contributed by atoms with Crippen LogP contribution in [-0.2, 0) is 4.43 Å². The minimum Gasteiger partial charge on any atom is -0.478 e. The summed E-state index contributed by atoms with van der Waals surface area (Å²) in [4.78, 5) is 11.3. The molecule has 2 aromatic carbocycles. The van der Waals surface area contributed by atoms with Crippen LogP contribution in [0.5, 0.6) is 0 Å². The average Bonchev–Trinajstić information content (AvgIpc) is 2.38. The van der Waals surface area contributed by atoms with Gasteiger partial charge in [0.15, 0.2) is 0 Å². The second kappa shape index (κ2) is 5.52. The van der Waals surface area contributed by atoms with Crippen molar-refractivity contribution in [1.82, 2.24) is 0 Å². The number of halogens is 1. The highest BCUT2D eigenvalue weighted by atomic mass is 127. The maximum Gasteiger partial charge on any atom is 0.336 e. The van der Waals surface area contributed by atoms with Crippen LogP contribution in [0.2, 0.25) is 0 Å². The summed E-state index contributed by atoms with van der Waals surface area (Å²) in [5.74, 6) is -0.881. The van der Waals surface area contributed by atoms with Crippen LogP contribution < -0.4 is 0 Å². The van der Waals surface area contributed by atoms with Crippen molar-refractivity contribution in [2.75, 3.05) is 0 Å². The zero-order valence-corrected chi connectivity index (χ0v) is 12.1. The standard InChI is InChI=1S/C15H13IO2/c1-10-4-2-3-5-12(10)14-8-11(9-16)6-7-13(14)15(17)18/h2-8H,9H2,1H3,(H,17,18). The van der Waals surface area contributed by atoms with Gasteiger partial charge in [0.05, 0.1) is 5.56 Å². The Labute approximate surface area is 120 Å². The SMILES string of the molecule is Cc1ccccc1-c1cc(CI)ccc1C(=O)O. The van der Waals surface area contributed by atoms with Gasteiger partial charge in [0.2, 0.25) is 0 Å². The molecule has 18 heavy (non-hydrogen) atoms. The lowest BCUT2D eigenvalue weighted by atomic mass is 9.94. The average molecular weight is 352 g/mol. The second-order valence-corrected chi connectivity index (χ2v) is 4.90. The van der Waals surface area contributed by atoms with Crippen LogP contribution in [0.25, 0.3) is 11.1 Å². The topological polar surface area (TPSA) is 37.3 Å². The number of aromatic carboxylic acids is 1. The molecule has 0 radical (unpaired) electrons. The van der Waals surface area contributed by atoms with E-state index in [1.165, 1.54) is 0 Å². The molecule has 0 saturated carbocycles. The van der Waals surface area contributed by atoms with E-state index in [1.54, 1.807) is 6.07 Å². The van der Waals surface area contributed by atoms with Gasteiger partial charge < -0.3 is 5.11 Å². The smallest absolute Gasteiger partial charge is 0.336 e. The van der Waals surface area contributed by atoms with Crippen molar-refractivity contribution in [1.29, 1.82) is 0 Å². The number of benzene rings is 2. The summed E-state index contributed by atoms with van der Waals surface area (Å²) in [5, 5.41) is 9.28. The Kier molecular flexibility index (Phi) is 4.01. The van der Waals surface area contributed by atoms with E-state index < -0.39 is 5.97 Å². The molecule has 0 aliphatic heterocycles. The Morgan fingerprint density at radius 3 is 2.50 bits per heavy atom. The summed E-state index contributed by atoms with van der Waals surface area (Å²) in [6.45, 7) is 2.00. The van der Waals surface area contributed by atoms with E-state index in [2.05, 4.69) is 22.6 Å². The van der Waals surface area contributed by atoms with E-state index in [4.69, 9.17) is 0 Å². The number of hydrogen-bond donors (Lipinski definition) is 1. The highest BCUT2D eigenvalue weighted by Gasteiger charge is 2.13. The Hall–Kier alpha value is -1.36. The Morgan fingerprint density at radius 1 is 1.17 bits per heavy atom. The van der Waals surface area contributed by atoms with Gasteiger partial charge in [-0.05, 0) is 41.3 Å². The van der Waals surface area contributed by atoms with Crippen LogP contribution in [0, 0.1) is 6.92 Å². The third-order valence-electron chi connectivity index (χ3n) is 2.90. The van der Waals surface area contributed by atoms with E-state index in [-0.39, 0.29) is 0 Å². The zero-order valence-electron chi connectivity index (χ0n) is 9.98. The summed E-state index contributed by atoms with van der Waals surface area (Å²) < 4.78 is 0.872. The maximum atomic E-state index is 11.3. The maximum absolute atomic E-state index is 11.3. The van der Waals surface area contributed by atoms with Gasteiger partial charge in [0.25, 0.3) is 0 Å². The molecule has 0 saturated heterocycles. The molecular formula is C15H13IO2. The van der Waals surface area contributed by atoms with Crippen molar-refractivity contribution < 1.29 is 9.90 Å². The number of aryl methyl sites for hydroxylation is 1. The predicted molar refractivity (Wildman–Crippen MR) is 81.3 cm³/mol. The highest BCUT2D eigenvalue weighted by molar-refractivity contribution is 14.1. The van der Waals surface area contributed by atoms with Crippen LogP contribution in [0.1, 0.15) is 21.5 Å². The molecule has 2 nitrogen and oxygen atoms in total. The predicted octanol–water partition coefficient (Wildman–Crippen LogP) is 4.30. The first-order valence-electron chi connectivity index (χ1n) is 5.61.